The minimum absolute atomic E-state index is 0.229. The Morgan fingerprint density at radius 3 is 2.39 bits per heavy atom. The maximum Gasteiger partial charge on any atom is 0.253 e. The topological polar surface area (TPSA) is 99.1 Å². The van der Waals surface area contributed by atoms with Gasteiger partial charge in [-0.1, -0.05) is 24.3 Å². The van der Waals surface area contributed by atoms with Gasteiger partial charge in [-0.2, -0.15) is 5.26 Å². The van der Waals surface area contributed by atoms with Gasteiger partial charge in [-0.25, -0.2) is 8.42 Å². The van der Waals surface area contributed by atoms with Crippen LogP contribution in [0.4, 0.5) is 5.69 Å². The summed E-state index contributed by atoms with van der Waals surface area (Å²) >= 11 is 0. The molecule has 2 rings (SSSR count). The summed E-state index contributed by atoms with van der Waals surface area (Å²) in [5.74, 6) is -0.388. The van der Waals surface area contributed by atoms with E-state index in [1.807, 2.05) is 6.07 Å². The van der Waals surface area contributed by atoms with Crippen molar-refractivity contribution in [3.8, 4) is 6.07 Å². The van der Waals surface area contributed by atoms with E-state index < -0.39 is 10.0 Å². The SMILES string of the molecule is CS(=O)(=O)Nc1ccccc1C(=O)NCc1ccc(C#N)cc1. The molecule has 6 nitrogen and oxygen atoms in total. The molecule has 23 heavy (non-hydrogen) atoms. The first kappa shape index (κ1) is 16.5. The van der Waals surface area contributed by atoms with Gasteiger partial charge in [-0.05, 0) is 29.8 Å². The Morgan fingerprint density at radius 2 is 1.78 bits per heavy atom. The predicted octanol–water partition coefficient (Wildman–Crippen LogP) is 1.86. The molecular formula is C16H15N3O3S. The van der Waals surface area contributed by atoms with E-state index in [0.29, 0.717) is 5.56 Å². The second kappa shape index (κ2) is 6.94. The number of nitriles is 1. The lowest BCUT2D eigenvalue weighted by atomic mass is 10.1. The van der Waals surface area contributed by atoms with Crippen LogP contribution in [-0.4, -0.2) is 20.6 Å². The number of hydrogen-bond acceptors (Lipinski definition) is 4. The normalized spacial score (nSPS) is 10.6. The second-order valence-electron chi connectivity index (χ2n) is 4.91. The van der Waals surface area contributed by atoms with Crippen LogP contribution < -0.4 is 10.0 Å². The third-order valence-electron chi connectivity index (χ3n) is 3.00. The first-order valence-corrected chi connectivity index (χ1v) is 8.62. The standard InChI is InChI=1S/C16H15N3O3S/c1-23(21,22)19-15-5-3-2-4-14(15)16(20)18-11-13-8-6-12(10-17)7-9-13/h2-9,19H,11H2,1H3,(H,18,20). The molecule has 2 aromatic rings. The molecule has 0 atom stereocenters. The van der Waals surface area contributed by atoms with E-state index in [9.17, 15) is 13.2 Å². The molecule has 0 spiro atoms. The second-order valence-corrected chi connectivity index (χ2v) is 6.66. The number of anilines is 1. The highest BCUT2D eigenvalue weighted by molar-refractivity contribution is 7.92. The van der Waals surface area contributed by atoms with Gasteiger partial charge < -0.3 is 5.32 Å². The molecule has 0 unspecified atom stereocenters. The van der Waals surface area contributed by atoms with Crippen LogP contribution in [0.5, 0.6) is 0 Å². The summed E-state index contributed by atoms with van der Waals surface area (Å²) < 4.78 is 25.0. The number of carbonyl (C=O) groups is 1. The molecule has 2 aromatic carbocycles. The fraction of sp³-hybridized carbons (Fsp3) is 0.125. The molecule has 0 saturated heterocycles. The van der Waals surface area contributed by atoms with Gasteiger partial charge in [-0.15, -0.1) is 0 Å². The Kier molecular flexibility index (Phi) is 4.98. The largest absolute Gasteiger partial charge is 0.348 e. The highest BCUT2D eigenvalue weighted by atomic mass is 32.2. The number of benzene rings is 2. The third-order valence-corrected chi connectivity index (χ3v) is 3.59. The van der Waals surface area contributed by atoms with Crippen LogP contribution in [0.25, 0.3) is 0 Å². The lowest BCUT2D eigenvalue weighted by Crippen LogP contribution is -2.24. The predicted molar refractivity (Wildman–Crippen MR) is 87.2 cm³/mol. The van der Waals surface area contributed by atoms with Crippen LogP contribution in [0.1, 0.15) is 21.5 Å². The van der Waals surface area contributed by atoms with Gasteiger partial charge in [-0.3, -0.25) is 9.52 Å². The Hall–Kier alpha value is -2.85. The Bertz CT molecular complexity index is 853. The number of rotatable bonds is 5. The quantitative estimate of drug-likeness (QED) is 0.874. The van der Waals surface area contributed by atoms with E-state index in [4.69, 9.17) is 5.26 Å². The number of para-hydroxylation sites is 1. The number of nitrogens with zero attached hydrogens (tertiary/aromatic N) is 1. The molecule has 0 heterocycles. The van der Waals surface area contributed by atoms with Gasteiger partial charge in [0.05, 0.1) is 29.1 Å². The third kappa shape index (κ3) is 4.83. The van der Waals surface area contributed by atoms with Gasteiger partial charge in [0.25, 0.3) is 5.91 Å². The molecule has 7 heteroatoms. The van der Waals surface area contributed by atoms with Crippen LogP contribution in [0, 0.1) is 11.3 Å². The summed E-state index contributed by atoms with van der Waals surface area (Å²) in [5.41, 5.74) is 1.85. The summed E-state index contributed by atoms with van der Waals surface area (Å²) in [6, 6.07) is 15.2. The number of amides is 1. The van der Waals surface area contributed by atoms with Gasteiger partial charge in [0, 0.05) is 6.54 Å². The van der Waals surface area contributed by atoms with Crippen molar-refractivity contribution in [1.82, 2.24) is 5.32 Å². The smallest absolute Gasteiger partial charge is 0.253 e. The number of sulfonamides is 1. The maximum absolute atomic E-state index is 12.2. The van der Waals surface area contributed by atoms with E-state index in [-0.39, 0.29) is 23.7 Å². The molecule has 0 saturated carbocycles. The lowest BCUT2D eigenvalue weighted by molar-refractivity contribution is 0.0952. The minimum Gasteiger partial charge on any atom is -0.348 e. The number of hydrogen-bond donors (Lipinski definition) is 2. The van der Waals surface area contributed by atoms with Gasteiger partial charge in [0.1, 0.15) is 0 Å². The summed E-state index contributed by atoms with van der Waals surface area (Å²) in [5, 5.41) is 11.5. The fourth-order valence-electron chi connectivity index (χ4n) is 1.94. The van der Waals surface area contributed by atoms with Gasteiger partial charge in [0.2, 0.25) is 10.0 Å². The molecule has 2 N–H and O–H groups in total. The summed E-state index contributed by atoms with van der Waals surface area (Å²) in [6.07, 6.45) is 1.03. The molecule has 118 valence electrons. The first-order valence-electron chi connectivity index (χ1n) is 6.73. The Labute approximate surface area is 134 Å². The first-order chi connectivity index (χ1) is 10.9. The fourth-order valence-corrected chi connectivity index (χ4v) is 2.52. The molecule has 0 aliphatic rings. The number of nitrogens with one attached hydrogen (secondary N) is 2. The van der Waals surface area contributed by atoms with Crippen LogP contribution in [0.2, 0.25) is 0 Å². The Morgan fingerprint density at radius 1 is 1.13 bits per heavy atom. The monoisotopic (exact) mass is 329 g/mol. The van der Waals surface area contributed by atoms with E-state index in [2.05, 4.69) is 10.0 Å². The van der Waals surface area contributed by atoms with Crippen molar-refractivity contribution in [2.24, 2.45) is 0 Å². The van der Waals surface area contributed by atoms with E-state index in [0.717, 1.165) is 11.8 Å². The van der Waals surface area contributed by atoms with Crippen molar-refractivity contribution in [2.45, 2.75) is 6.54 Å². The highest BCUT2D eigenvalue weighted by Crippen LogP contribution is 2.16. The van der Waals surface area contributed by atoms with Gasteiger partial charge in [0.15, 0.2) is 0 Å². The Balaban J connectivity index is 2.10. The zero-order chi connectivity index (χ0) is 16.9. The molecule has 0 radical (unpaired) electrons. The highest BCUT2D eigenvalue weighted by Gasteiger charge is 2.13. The zero-order valence-electron chi connectivity index (χ0n) is 12.4. The van der Waals surface area contributed by atoms with E-state index in [1.54, 1.807) is 42.5 Å². The van der Waals surface area contributed by atoms with Crippen LogP contribution >= 0.6 is 0 Å². The number of carbonyl (C=O) groups excluding carboxylic acids is 1. The van der Waals surface area contributed by atoms with Crippen LogP contribution in [0.15, 0.2) is 48.5 Å². The van der Waals surface area contributed by atoms with Crippen molar-refractivity contribution in [2.75, 3.05) is 11.0 Å². The molecule has 0 aromatic heterocycles. The van der Waals surface area contributed by atoms with Crippen molar-refractivity contribution in [3.05, 3.63) is 65.2 Å². The molecule has 1 amide bonds. The van der Waals surface area contributed by atoms with E-state index in [1.165, 1.54) is 6.07 Å². The van der Waals surface area contributed by atoms with Crippen molar-refractivity contribution in [3.63, 3.8) is 0 Å². The average molecular weight is 329 g/mol. The van der Waals surface area contributed by atoms with Crippen molar-refractivity contribution >= 4 is 21.6 Å². The maximum atomic E-state index is 12.2. The van der Waals surface area contributed by atoms with E-state index >= 15 is 0 Å². The molecule has 0 aliphatic heterocycles. The van der Waals surface area contributed by atoms with Crippen molar-refractivity contribution in [1.29, 1.82) is 5.26 Å². The molecular weight excluding hydrogens is 314 g/mol. The minimum atomic E-state index is -3.47. The van der Waals surface area contributed by atoms with Crippen LogP contribution in [0.3, 0.4) is 0 Å². The lowest BCUT2D eigenvalue weighted by Gasteiger charge is -2.11. The average Bonchev–Trinajstić information content (AvgIpc) is 2.52. The zero-order valence-corrected chi connectivity index (χ0v) is 13.2. The summed E-state index contributed by atoms with van der Waals surface area (Å²) in [4.78, 5) is 12.2. The summed E-state index contributed by atoms with van der Waals surface area (Å²) in [6.45, 7) is 0.276. The van der Waals surface area contributed by atoms with Gasteiger partial charge >= 0.3 is 0 Å². The molecule has 0 bridgehead atoms. The molecule has 0 fully saturated rings. The summed E-state index contributed by atoms with van der Waals surface area (Å²) in [7, 11) is -3.47. The van der Waals surface area contributed by atoms with Crippen molar-refractivity contribution < 1.29 is 13.2 Å². The molecule has 0 aliphatic carbocycles. The van der Waals surface area contributed by atoms with Crippen LogP contribution in [-0.2, 0) is 16.6 Å².